The van der Waals surface area contributed by atoms with Crippen molar-refractivity contribution in [2.75, 3.05) is 0 Å². The summed E-state index contributed by atoms with van der Waals surface area (Å²) in [4.78, 5) is 15.4. The second-order valence-electron chi connectivity index (χ2n) is 18.1. The Bertz CT molecular complexity index is 4130. The van der Waals surface area contributed by atoms with E-state index >= 15 is 0 Å². The zero-order chi connectivity index (χ0) is 54.4. The van der Waals surface area contributed by atoms with Crippen molar-refractivity contribution in [1.82, 2.24) is 28.7 Å². The first kappa shape index (κ1) is 51.6. The molecule has 4 aromatic heterocycles. The van der Waals surface area contributed by atoms with Crippen LogP contribution in [0.4, 0.5) is 0 Å². The molecule has 0 unspecified atom stereocenters. The van der Waals surface area contributed by atoms with Crippen molar-refractivity contribution in [3.63, 3.8) is 0 Å². The van der Waals surface area contributed by atoms with Gasteiger partial charge in [-0.2, -0.15) is 15.0 Å². The van der Waals surface area contributed by atoms with Crippen LogP contribution >= 0.6 is 0 Å². The fourth-order valence-electron chi connectivity index (χ4n) is 10.3. The van der Waals surface area contributed by atoms with Gasteiger partial charge >= 0.3 is 0 Å². The highest BCUT2D eigenvalue weighted by Gasteiger charge is 2.30. The van der Waals surface area contributed by atoms with E-state index in [0.29, 0.717) is 0 Å². The third kappa shape index (κ3) is 6.65. The first-order valence-electron chi connectivity index (χ1n) is 22.1. The molecule has 48 radical (unpaired) electrons. The van der Waals surface area contributed by atoms with Gasteiger partial charge < -0.3 is 4.57 Å². The van der Waals surface area contributed by atoms with Crippen LogP contribution in [-0.2, 0) is 0 Å². The zero-order valence-corrected chi connectivity index (χ0v) is 39.3. The number of para-hydroxylation sites is 1. The minimum Gasteiger partial charge on any atom is -0.310 e. The molecule has 0 fully saturated rings. The molecule has 0 atom stereocenters. The normalized spacial score (nSPS) is 11.9. The highest BCUT2D eigenvalue weighted by Crippen LogP contribution is 2.35. The minimum atomic E-state index is -0.265. The van der Waals surface area contributed by atoms with Gasteiger partial charge in [0.25, 0.3) is 0 Å². The fourth-order valence-corrected chi connectivity index (χ4v) is 10.3. The maximum atomic E-state index is 6.92. The number of rotatable bonds is 4. The van der Waals surface area contributed by atoms with E-state index < -0.39 is 0 Å². The monoisotopic (exact) mass is 892 g/mol. The van der Waals surface area contributed by atoms with Crippen LogP contribution in [0.3, 0.4) is 0 Å². The minimum absolute atomic E-state index is 0.0118. The standard InChI is InChI=1S/C45H4B24N6/c46-13-7-8-14(47)20(53)26(59)32(65)38(8)73(37(7)31(64)25(58)19(13)52)6-4-2-1-3-5(6)43-70-44(74-39-9(15(48)21(54)27(60)33(39)66)10-16(49)22(55)28(61)34(67)40(10)74)72-45(71-43)75-41-11(17(50)23(56)29(62)35(41)68)12-18(51)24(57)30(63)36(69)42(12)75/h1-4H. The summed E-state index contributed by atoms with van der Waals surface area (Å²) in [6.07, 6.45) is 0. The Morgan fingerprint density at radius 1 is 0.227 bits per heavy atom. The Morgan fingerprint density at radius 2 is 0.440 bits per heavy atom. The molecule has 0 aliphatic carbocycles. The smallest absolute Gasteiger partial charge is 0.240 e. The lowest BCUT2D eigenvalue weighted by atomic mass is 9.63. The SMILES string of the molecule is [B]c1c([B])c([B])c2c(c1[B])c1c([B])c([B])c([B])c([B])c1n2-c1nc(-c2ccccc2-n2c3c([B])c([B])c([B])c([B])c3c3c([B])c([B])c([B])c([B])c32)nc(-n2c3c([B])c([B])c([B])c([B])c3c3c([B])c([B])c([B])c([B])c32)n1. The maximum absolute atomic E-state index is 6.92. The molecule has 30 heteroatoms. The highest BCUT2D eigenvalue weighted by molar-refractivity contribution is 6.75. The van der Waals surface area contributed by atoms with E-state index in [0.717, 1.165) is 0 Å². The summed E-state index contributed by atoms with van der Waals surface area (Å²) in [5, 5.41) is 1.13. The van der Waals surface area contributed by atoms with Gasteiger partial charge in [0.1, 0.15) is 188 Å². The second kappa shape index (κ2) is 17.5. The van der Waals surface area contributed by atoms with Crippen molar-refractivity contribution in [2.24, 2.45) is 0 Å². The number of nitrogens with zero attached hydrogens (tertiary/aromatic N) is 6. The third-order valence-corrected chi connectivity index (χ3v) is 14.3. The molecular weight excluding hydrogens is 884 g/mol. The van der Waals surface area contributed by atoms with Gasteiger partial charge in [-0.15, -0.1) is 65.6 Å². The van der Waals surface area contributed by atoms with Gasteiger partial charge in [0.15, 0.2) is 5.82 Å². The van der Waals surface area contributed by atoms with Crippen molar-refractivity contribution >= 4 is 385 Å². The predicted octanol–water partition coefficient (Wildman–Crippen LogP) is -18.1. The first-order valence-corrected chi connectivity index (χ1v) is 22.1. The Hall–Kier alpha value is -5.49. The third-order valence-electron chi connectivity index (χ3n) is 14.3. The Labute approximate surface area is 463 Å². The molecule has 0 N–H and O–H groups in total. The van der Waals surface area contributed by atoms with Crippen LogP contribution in [0.25, 0.3) is 94.4 Å². The molecule has 0 aliphatic rings. The molecule has 0 saturated heterocycles. The van der Waals surface area contributed by atoms with Crippen molar-refractivity contribution in [3.05, 3.63) is 24.3 Å². The number of benzene rings is 7. The van der Waals surface area contributed by atoms with E-state index in [-0.39, 0.29) is 225 Å². The zero-order valence-electron chi connectivity index (χ0n) is 39.3. The summed E-state index contributed by atoms with van der Waals surface area (Å²) in [6, 6.07) is 6.76. The van der Waals surface area contributed by atoms with E-state index in [1.165, 1.54) is 9.13 Å². The number of aromatic nitrogens is 6. The van der Waals surface area contributed by atoms with Crippen LogP contribution in [0.5, 0.6) is 0 Å². The summed E-state index contributed by atoms with van der Waals surface area (Å²) in [5.74, 6) is -0.663. The van der Waals surface area contributed by atoms with Gasteiger partial charge in [0, 0.05) is 38.7 Å². The van der Waals surface area contributed by atoms with Crippen LogP contribution in [0.15, 0.2) is 24.3 Å². The molecule has 4 heterocycles. The number of fused-ring (bicyclic) bond motifs is 9. The van der Waals surface area contributed by atoms with Gasteiger partial charge in [0.05, 0.1) is 5.69 Å². The van der Waals surface area contributed by atoms with Crippen LogP contribution in [-0.4, -0.2) is 217 Å². The van der Waals surface area contributed by atoms with Crippen LogP contribution in [0.2, 0.25) is 0 Å². The topological polar surface area (TPSA) is 53.5 Å². The van der Waals surface area contributed by atoms with Gasteiger partial charge in [-0.05, 0) is 44.5 Å². The van der Waals surface area contributed by atoms with E-state index in [1.807, 2.05) is 0 Å². The Balaban J connectivity index is 1.41. The molecule has 286 valence electrons. The molecule has 11 rings (SSSR count). The lowest BCUT2D eigenvalue weighted by Gasteiger charge is -2.21. The van der Waals surface area contributed by atoms with Gasteiger partial charge in [-0.3, -0.25) is 9.13 Å². The Morgan fingerprint density at radius 3 is 0.693 bits per heavy atom. The number of hydrogen-bond acceptors (Lipinski definition) is 3. The van der Waals surface area contributed by atoms with E-state index in [2.05, 4.69) is 0 Å². The Kier molecular flexibility index (Phi) is 12.1. The molecule has 7 aromatic carbocycles. The van der Waals surface area contributed by atoms with Crippen LogP contribution < -0.4 is 131 Å². The fraction of sp³-hybridized carbons (Fsp3) is 0. The second-order valence-corrected chi connectivity index (χ2v) is 18.1. The van der Waals surface area contributed by atoms with E-state index in [1.54, 1.807) is 28.8 Å². The average molecular weight is 888 g/mol. The van der Waals surface area contributed by atoms with E-state index in [4.69, 9.17) is 203 Å². The predicted molar refractivity (Wildman–Crippen MR) is 338 cm³/mol. The van der Waals surface area contributed by atoms with Crippen molar-refractivity contribution < 1.29 is 0 Å². The molecule has 0 spiro atoms. The first-order chi connectivity index (χ1) is 35.3. The van der Waals surface area contributed by atoms with E-state index in [9.17, 15) is 0 Å². The molecule has 0 aliphatic heterocycles. The molecule has 6 nitrogen and oxygen atoms in total. The largest absolute Gasteiger partial charge is 0.310 e. The van der Waals surface area contributed by atoms with Gasteiger partial charge in [-0.25, -0.2) is 0 Å². The van der Waals surface area contributed by atoms with Crippen LogP contribution in [0.1, 0.15) is 0 Å². The molecule has 0 bridgehead atoms. The van der Waals surface area contributed by atoms with Crippen molar-refractivity contribution in [2.45, 2.75) is 0 Å². The average Bonchev–Trinajstić information content (AvgIpc) is 4.10. The summed E-state index contributed by atoms with van der Waals surface area (Å²) < 4.78 is 4.46. The summed E-state index contributed by atoms with van der Waals surface area (Å²) in [7, 11) is 161. The van der Waals surface area contributed by atoms with Crippen LogP contribution in [0, 0.1) is 0 Å². The lowest BCUT2D eigenvalue weighted by Crippen LogP contribution is -2.49. The number of hydrogen-bond donors (Lipinski definition) is 0. The highest BCUT2D eigenvalue weighted by atomic mass is 15.3. The summed E-state index contributed by atoms with van der Waals surface area (Å²) in [5.41, 5.74) is -0.430. The van der Waals surface area contributed by atoms with Gasteiger partial charge in [-0.1, -0.05) is 77.7 Å². The van der Waals surface area contributed by atoms with Crippen molar-refractivity contribution in [1.29, 1.82) is 0 Å². The lowest BCUT2D eigenvalue weighted by molar-refractivity contribution is 0.895. The molecule has 0 saturated carbocycles. The molecule has 11 aromatic rings. The molecular formula is C45H4B24N6. The maximum Gasteiger partial charge on any atom is 0.240 e. The molecule has 75 heavy (non-hydrogen) atoms. The quantitative estimate of drug-likeness (QED) is 0.165. The van der Waals surface area contributed by atoms with Crippen molar-refractivity contribution in [3.8, 4) is 29.0 Å². The molecule has 0 amide bonds. The summed E-state index contributed by atoms with van der Waals surface area (Å²) in [6.45, 7) is 0. The summed E-state index contributed by atoms with van der Waals surface area (Å²) >= 11 is 0. The van der Waals surface area contributed by atoms with Gasteiger partial charge in [0.2, 0.25) is 11.9 Å².